The van der Waals surface area contributed by atoms with Crippen LogP contribution in [0.5, 0.6) is 5.75 Å². The first-order valence-electron chi connectivity index (χ1n) is 7.31. The number of hydrogen-bond acceptors (Lipinski definition) is 2. The van der Waals surface area contributed by atoms with Crippen LogP contribution in [0.25, 0.3) is 0 Å². The minimum atomic E-state index is 0.00753. The molecular weight excluding hydrogens is 252 g/mol. The zero-order valence-electron chi connectivity index (χ0n) is 12.6. The Kier molecular flexibility index (Phi) is 4.88. The molecule has 2 rings (SSSR count). The van der Waals surface area contributed by atoms with Crippen LogP contribution in [0, 0.1) is 0 Å². The Morgan fingerprint density at radius 1 is 1.50 bits per heavy atom. The van der Waals surface area contributed by atoms with Gasteiger partial charge in [-0.3, -0.25) is 0 Å². The molecule has 1 aliphatic rings. The van der Waals surface area contributed by atoms with Gasteiger partial charge >= 0.3 is 6.03 Å². The fraction of sp³-hybridized carbons (Fsp3) is 0.562. The number of methoxy groups -OCH3 is 1. The number of fused-ring (bicyclic) bond motifs is 1. The second-order valence-electron chi connectivity index (χ2n) is 5.35. The first kappa shape index (κ1) is 14.7. The zero-order valence-corrected chi connectivity index (χ0v) is 12.6. The molecule has 20 heavy (non-hydrogen) atoms. The van der Waals surface area contributed by atoms with Crippen LogP contribution in [0.1, 0.15) is 36.8 Å². The minimum absolute atomic E-state index is 0.00753. The van der Waals surface area contributed by atoms with Crippen molar-refractivity contribution in [2.45, 2.75) is 32.1 Å². The number of benzene rings is 1. The van der Waals surface area contributed by atoms with Crippen molar-refractivity contribution in [1.29, 1.82) is 0 Å². The van der Waals surface area contributed by atoms with Crippen molar-refractivity contribution in [2.75, 3.05) is 27.2 Å². The predicted molar refractivity (Wildman–Crippen MR) is 80.4 cm³/mol. The third-order valence-electron chi connectivity index (χ3n) is 4.11. The van der Waals surface area contributed by atoms with Crippen molar-refractivity contribution in [3.05, 3.63) is 29.3 Å². The Morgan fingerprint density at radius 2 is 2.30 bits per heavy atom. The summed E-state index contributed by atoms with van der Waals surface area (Å²) in [5.41, 5.74) is 2.72. The Hall–Kier alpha value is -1.71. The highest BCUT2D eigenvalue weighted by atomic mass is 16.5. The van der Waals surface area contributed by atoms with E-state index in [1.165, 1.54) is 17.5 Å². The number of hydrogen-bond donors (Lipinski definition) is 1. The third kappa shape index (κ3) is 3.24. The summed E-state index contributed by atoms with van der Waals surface area (Å²) in [6.45, 7) is 3.41. The van der Waals surface area contributed by atoms with Gasteiger partial charge in [0.05, 0.1) is 7.11 Å². The van der Waals surface area contributed by atoms with Crippen LogP contribution in [0.4, 0.5) is 4.79 Å². The maximum absolute atomic E-state index is 11.8. The van der Waals surface area contributed by atoms with E-state index in [1.807, 2.05) is 20.0 Å². The number of amides is 2. The molecule has 1 atom stereocenters. The molecule has 0 saturated heterocycles. The number of ether oxygens (including phenoxy) is 1. The molecule has 0 aliphatic heterocycles. The Balaban J connectivity index is 2.03. The first-order valence-corrected chi connectivity index (χ1v) is 7.31. The van der Waals surface area contributed by atoms with Crippen molar-refractivity contribution >= 4 is 6.03 Å². The quantitative estimate of drug-likeness (QED) is 0.918. The number of aryl methyl sites for hydroxylation is 1. The van der Waals surface area contributed by atoms with Gasteiger partial charge in [0.15, 0.2) is 0 Å². The van der Waals surface area contributed by atoms with Gasteiger partial charge in [-0.25, -0.2) is 4.79 Å². The molecule has 4 heteroatoms. The Labute approximate surface area is 121 Å². The molecule has 0 fully saturated rings. The molecular formula is C16H24N2O2. The summed E-state index contributed by atoms with van der Waals surface area (Å²) in [7, 11) is 3.51. The van der Waals surface area contributed by atoms with E-state index in [0.717, 1.165) is 25.1 Å². The highest BCUT2D eigenvalue weighted by molar-refractivity contribution is 5.73. The number of carbonyl (C=O) groups is 1. The van der Waals surface area contributed by atoms with Crippen LogP contribution in [-0.4, -0.2) is 38.2 Å². The topological polar surface area (TPSA) is 41.6 Å². The first-order chi connectivity index (χ1) is 9.65. The molecule has 0 aromatic heterocycles. The van der Waals surface area contributed by atoms with Gasteiger partial charge in [-0.05, 0) is 49.4 Å². The molecule has 1 N–H and O–H groups in total. The molecule has 0 radical (unpaired) electrons. The van der Waals surface area contributed by atoms with Gasteiger partial charge in [0.1, 0.15) is 5.75 Å². The predicted octanol–water partition coefficient (Wildman–Crippen LogP) is 2.78. The monoisotopic (exact) mass is 276 g/mol. The van der Waals surface area contributed by atoms with Gasteiger partial charge in [-0.1, -0.05) is 6.07 Å². The molecule has 0 unspecified atom stereocenters. The van der Waals surface area contributed by atoms with E-state index in [2.05, 4.69) is 17.4 Å². The normalized spacial score (nSPS) is 17.2. The number of nitrogens with one attached hydrogen (secondary N) is 1. The molecule has 0 saturated carbocycles. The minimum Gasteiger partial charge on any atom is -0.497 e. The molecule has 110 valence electrons. The lowest BCUT2D eigenvalue weighted by molar-refractivity contribution is 0.210. The molecule has 0 spiro atoms. The van der Waals surface area contributed by atoms with Crippen LogP contribution in [-0.2, 0) is 6.42 Å². The zero-order chi connectivity index (χ0) is 14.5. The molecule has 1 aliphatic carbocycles. The van der Waals surface area contributed by atoms with E-state index < -0.39 is 0 Å². The van der Waals surface area contributed by atoms with Crippen LogP contribution in [0.15, 0.2) is 18.2 Å². The second-order valence-corrected chi connectivity index (χ2v) is 5.35. The van der Waals surface area contributed by atoms with Crippen molar-refractivity contribution in [2.24, 2.45) is 0 Å². The van der Waals surface area contributed by atoms with Crippen molar-refractivity contribution in [3.8, 4) is 5.75 Å². The van der Waals surface area contributed by atoms with Crippen LogP contribution >= 0.6 is 0 Å². The highest BCUT2D eigenvalue weighted by Gasteiger charge is 2.21. The van der Waals surface area contributed by atoms with Gasteiger partial charge in [0.25, 0.3) is 0 Å². The SMILES string of the molecule is CCN(C)C(=O)NC[C@H]1CCCc2cc(OC)ccc21. The average molecular weight is 276 g/mol. The van der Waals surface area contributed by atoms with Crippen molar-refractivity contribution in [3.63, 3.8) is 0 Å². The van der Waals surface area contributed by atoms with Crippen molar-refractivity contribution < 1.29 is 9.53 Å². The number of urea groups is 1. The molecule has 0 heterocycles. The van der Waals surface area contributed by atoms with Gasteiger partial charge in [0.2, 0.25) is 0 Å². The standard InChI is InChI=1S/C16H24N2O2/c1-4-18(2)16(19)17-11-13-7-5-6-12-10-14(20-3)8-9-15(12)13/h8-10,13H,4-7,11H2,1-3H3,(H,17,19)/t13-/m1/s1. The maximum atomic E-state index is 11.8. The summed E-state index contributed by atoms with van der Waals surface area (Å²) in [4.78, 5) is 13.5. The third-order valence-corrected chi connectivity index (χ3v) is 4.11. The fourth-order valence-electron chi connectivity index (χ4n) is 2.72. The van der Waals surface area contributed by atoms with E-state index in [0.29, 0.717) is 12.5 Å². The lowest BCUT2D eigenvalue weighted by atomic mass is 9.82. The summed E-state index contributed by atoms with van der Waals surface area (Å²) in [6, 6.07) is 6.29. The molecule has 2 amide bonds. The van der Waals surface area contributed by atoms with E-state index in [-0.39, 0.29) is 6.03 Å². The molecule has 1 aromatic rings. The summed E-state index contributed by atoms with van der Waals surface area (Å²) < 4.78 is 5.28. The smallest absolute Gasteiger partial charge is 0.317 e. The van der Waals surface area contributed by atoms with Gasteiger partial charge < -0.3 is 15.0 Å². The molecule has 1 aromatic carbocycles. The molecule has 4 nitrogen and oxygen atoms in total. The van der Waals surface area contributed by atoms with Crippen LogP contribution in [0.3, 0.4) is 0 Å². The summed E-state index contributed by atoms with van der Waals surface area (Å²) in [5, 5.41) is 3.03. The number of carbonyl (C=O) groups excluding carboxylic acids is 1. The van der Waals surface area contributed by atoms with Gasteiger partial charge in [-0.15, -0.1) is 0 Å². The molecule has 0 bridgehead atoms. The summed E-state index contributed by atoms with van der Waals surface area (Å²) >= 11 is 0. The lowest BCUT2D eigenvalue weighted by Crippen LogP contribution is -2.39. The van der Waals surface area contributed by atoms with Crippen molar-refractivity contribution in [1.82, 2.24) is 10.2 Å². The lowest BCUT2D eigenvalue weighted by Gasteiger charge is -2.27. The van der Waals surface area contributed by atoms with E-state index >= 15 is 0 Å². The maximum Gasteiger partial charge on any atom is 0.317 e. The number of rotatable bonds is 4. The van der Waals surface area contributed by atoms with Crippen LogP contribution < -0.4 is 10.1 Å². The van der Waals surface area contributed by atoms with Gasteiger partial charge in [0, 0.05) is 26.1 Å². The van der Waals surface area contributed by atoms with E-state index in [9.17, 15) is 4.79 Å². The van der Waals surface area contributed by atoms with Crippen LogP contribution in [0.2, 0.25) is 0 Å². The van der Waals surface area contributed by atoms with Gasteiger partial charge in [-0.2, -0.15) is 0 Å². The highest BCUT2D eigenvalue weighted by Crippen LogP contribution is 2.33. The number of nitrogens with zero attached hydrogens (tertiary/aromatic N) is 1. The second kappa shape index (κ2) is 6.64. The Bertz CT molecular complexity index is 474. The Morgan fingerprint density at radius 3 is 3.00 bits per heavy atom. The average Bonchev–Trinajstić information content (AvgIpc) is 2.50. The summed E-state index contributed by atoms with van der Waals surface area (Å²) in [6.07, 6.45) is 3.41. The fourth-order valence-corrected chi connectivity index (χ4v) is 2.72. The van der Waals surface area contributed by atoms with E-state index in [1.54, 1.807) is 12.0 Å². The summed E-state index contributed by atoms with van der Waals surface area (Å²) in [5.74, 6) is 1.33. The largest absolute Gasteiger partial charge is 0.497 e. The van der Waals surface area contributed by atoms with E-state index in [4.69, 9.17) is 4.74 Å².